The van der Waals surface area contributed by atoms with Gasteiger partial charge in [0.2, 0.25) is 0 Å². The van der Waals surface area contributed by atoms with Crippen LogP contribution in [0.15, 0.2) is 199 Å². The van der Waals surface area contributed by atoms with Crippen molar-refractivity contribution in [1.29, 1.82) is 0 Å². The maximum absolute atomic E-state index is 6.60. The molecule has 0 saturated carbocycles. The van der Waals surface area contributed by atoms with Gasteiger partial charge in [0.1, 0.15) is 11.2 Å². The fourth-order valence-electron chi connectivity index (χ4n) is 8.98. The SMILES string of the molecule is C1=CC(c2ccccc2)(c2ccccc2)c2ccc3c(c21)-c1cc(-c2cccc4c2oc2ccccc24)ccc1N(c1ccccc1)c1ccccc1-3. The molecular weight excluding hydrogens is 643 g/mol. The van der Waals surface area contributed by atoms with E-state index in [1.807, 2.05) is 6.07 Å². The number of hydrogen-bond acceptors (Lipinski definition) is 2. The largest absolute Gasteiger partial charge is 0.455 e. The van der Waals surface area contributed by atoms with Crippen molar-refractivity contribution in [3.05, 3.63) is 216 Å². The van der Waals surface area contributed by atoms with E-state index in [0.29, 0.717) is 0 Å². The van der Waals surface area contributed by atoms with Crippen molar-refractivity contribution in [2.24, 2.45) is 0 Å². The second-order valence-corrected chi connectivity index (χ2v) is 14.0. The summed E-state index contributed by atoms with van der Waals surface area (Å²) >= 11 is 0. The van der Waals surface area contributed by atoms with Crippen molar-refractivity contribution in [1.82, 2.24) is 0 Å². The van der Waals surface area contributed by atoms with Gasteiger partial charge in [0.15, 0.2) is 0 Å². The second-order valence-electron chi connectivity index (χ2n) is 14.0. The molecule has 2 nitrogen and oxygen atoms in total. The van der Waals surface area contributed by atoms with E-state index in [1.54, 1.807) is 0 Å². The predicted molar refractivity (Wildman–Crippen MR) is 220 cm³/mol. The number of rotatable bonds is 4. The summed E-state index contributed by atoms with van der Waals surface area (Å²) in [5.74, 6) is 0. The van der Waals surface area contributed by atoms with Crippen LogP contribution in [0.4, 0.5) is 17.1 Å². The van der Waals surface area contributed by atoms with Crippen molar-refractivity contribution in [3.63, 3.8) is 0 Å². The monoisotopic (exact) mass is 675 g/mol. The van der Waals surface area contributed by atoms with Crippen molar-refractivity contribution >= 4 is 45.1 Å². The summed E-state index contributed by atoms with van der Waals surface area (Å²) in [6, 6.07) is 68.1. The summed E-state index contributed by atoms with van der Waals surface area (Å²) in [4.78, 5) is 2.43. The molecule has 8 aromatic carbocycles. The van der Waals surface area contributed by atoms with Crippen LogP contribution in [0.1, 0.15) is 22.3 Å². The van der Waals surface area contributed by atoms with Crippen LogP contribution in [0.3, 0.4) is 0 Å². The lowest BCUT2D eigenvalue weighted by molar-refractivity contribution is 0.670. The van der Waals surface area contributed by atoms with E-state index in [2.05, 4.69) is 199 Å². The van der Waals surface area contributed by atoms with Gasteiger partial charge in [-0.15, -0.1) is 0 Å². The molecule has 9 aromatic rings. The summed E-state index contributed by atoms with van der Waals surface area (Å²) in [7, 11) is 0. The summed E-state index contributed by atoms with van der Waals surface area (Å²) in [6.07, 6.45) is 4.80. The van der Waals surface area contributed by atoms with Gasteiger partial charge in [0, 0.05) is 33.2 Å². The number of fused-ring (bicyclic) bond motifs is 10. The maximum Gasteiger partial charge on any atom is 0.143 e. The van der Waals surface area contributed by atoms with Crippen LogP contribution < -0.4 is 4.90 Å². The van der Waals surface area contributed by atoms with Gasteiger partial charge in [-0.3, -0.25) is 0 Å². The van der Waals surface area contributed by atoms with Gasteiger partial charge in [0.05, 0.1) is 16.8 Å². The molecule has 1 aliphatic heterocycles. The fourth-order valence-corrected chi connectivity index (χ4v) is 8.98. The number of nitrogens with zero attached hydrogens (tertiary/aromatic N) is 1. The van der Waals surface area contributed by atoms with Crippen LogP contribution in [-0.4, -0.2) is 0 Å². The van der Waals surface area contributed by atoms with Gasteiger partial charge in [-0.25, -0.2) is 0 Å². The highest BCUT2D eigenvalue weighted by Gasteiger charge is 2.41. The van der Waals surface area contributed by atoms with Crippen molar-refractivity contribution in [3.8, 4) is 33.4 Å². The highest BCUT2D eigenvalue weighted by molar-refractivity contribution is 6.11. The summed E-state index contributed by atoms with van der Waals surface area (Å²) < 4.78 is 6.60. The molecule has 0 atom stereocenters. The number of hydrogen-bond donors (Lipinski definition) is 0. The molecule has 2 heterocycles. The molecule has 0 unspecified atom stereocenters. The fraction of sp³-hybridized carbons (Fsp3) is 0.0196. The third-order valence-electron chi connectivity index (χ3n) is 11.3. The second kappa shape index (κ2) is 11.6. The first-order valence-corrected chi connectivity index (χ1v) is 18.3. The van der Waals surface area contributed by atoms with Crippen molar-refractivity contribution < 1.29 is 4.42 Å². The molecular formula is C51H33NO. The van der Waals surface area contributed by atoms with Crippen LogP contribution in [0.25, 0.3) is 61.4 Å². The summed E-state index contributed by atoms with van der Waals surface area (Å²) in [5.41, 5.74) is 16.9. The van der Waals surface area contributed by atoms with Crippen LogP contribution in [-0.2, 0) is 5.41 Å². The molecule has 0 fully saturated rings. The average Bonchev–Trinajstić information content (AvgIpc) is 3.79. The molecule has 53 heavy (non-hydrogen) atoms. The Morgan fingerprint density at radius 1 is 0.453 bits per heavy atom. The molecule has 0 radical (unpaired) electrons. The minimum atomic E-state index is -0.435. The number of allylic oxidation sites excluding steroid dienone is 1. The minimum Gasteiger partial charge on any atom is -0.455 e. The average molecular weight is 676 g/mol. The first kappa shape index (κ1) is 29.8. The van der Waals surface area contributed by atoms with E-state index < -0.39 is 5.41 Å². The third-order valence-corrected chi connectivity index (χ3v) is 11.3. The Bertz CT molecular complexity index is 2840. The molecule has 0 bridgehead atoms. The van der Waals surface area contributed by atoms with Crippen molar-refractivity contribution in [2.75, 3.05) is 4.90 Å². The highest BCUT2D eigenvalue weighted by atomic mass is 16.3. The molecule has 248 valence electrons. The first-order valence-electron chi connectivity index (χ1n) is 18.3. The van der Waals surface area contributed by atoms with Gasteiger partial charge in [-0.2, -0.15) is 0 Å². The molecule has 0 spiro atoms. The van der Waals surface area contributed by atoms with E-state index in [-0.39, 0.29) is 0 Å². The maximum atomic E-state index is 6.60. The number of benzene rings is 8. The Kier molecular flexibility index (Phi) is 6.50. The van der Waals surface area contributed by atoms with Gasteiger partial charge < -0.3 is 9.32 Å². The van der Waals surface area contributed by atoms with E-state index in [4.69, 9.17) is 4.42 Å². The van der Waals surface area contributed by atoms with Crippen LogP contribution in [0.5, 0.6) is 0 Å². The Labute approximate surface area is 308 Å². The smallest absolute Gasteiger partial charge is 0.143 e. The molecule has 2 heteroatoms. The molecule has 0 saturated heterocycles. The lowest BCUT2D eigenvalue weighted by Crippen LogP contribution is -2.25. The normalized spacial score (nSPS) is 13.7. The predicted octanol–water partition coefficient (Wildman–Crippen LogP) is 13.7. The topological polar surface area (TPSA) is 16.4 Å². The zero-order valence-electron chi connectivity index (χ0n) is 28.9. The molecule has 11 rings (SSSR count). The van der Waals surface area contributed by atoms with Gasteiger partial charge in [-0.1, -0.05) is 164 Å². The molecule has 1 aliphatic carbocycles. The molecule has 2 aliphatic rings. The summed E-state index contributed by atoms with van der Waals surface area (Å²) in [6.45, 7) is 0. The quantitative estimate of drug-likeness (QED) is 0.185. The lowest BCUT2D eigenvalue weighted by atomic mass is 9.70. The zero-order valence-corrected chi connectivity index (χ0v) is 28.9. The number of anilines is 3. The van der Waals surface area contributed by atoms with E-state index in [9.17, 15) is 0 Å². The first-order chi connectivity index (χ1) is 26.3. The van der Waals surface area contributed by atoms with E-state index in [1.165, 1.54) is 44.5 Å². The Hall–Kier alpha value is -6.90. The van der Waals surface area contributed by atoms with Crippen LogP contribution in [0, 0.1) is 0 Å². The van der Waals surface area contributed by atoms with Crippen molar-refractivity contribution in [2.45, 2.75) is 5.41 Å². The molecule has 1 aromatic heterocycles. The lowest BCUT2D eigenvalue weighted by Gasteiger charge is -2.32. The third kappa shape index (κ3) is 4.33. The summed E-state index contributed by atoms with van der Waals surface area (Å²) in [5, 5.41) is 2.27. The van der Waals surface area contributed by atoms with Gasteiger partial charge in [-0.05, 0) is 75.3 Å². The standard InChI is InChI=1S/C51H33NO/c1-4-15-35(16-5-1)51(36-17-6-2-7-18-36)32-31-43-45(51)29-28-41-39-21-10-12-25-46(39)52(37-19-8-3-9-20-37)47-30-27-34(33-44(47)49(41)43)38-23-14-24-42-40-22-11-13-26-48(40)53-50(38)42/h1-33H. The van der Waals surface area contributed by atoms with Crippen LogP contribution >= 0.6 is 0 Å². The minimum absolute atomic E-state index is 0.435. The van der Waals surface area contributed by atoms with E-state index in [0.717, 1.165) is 50.1 Å². The van der Waals surface area contributed by atoms with E-state index >= 15 is 0 Å². The highest BCUT2D eigenvalue weighted by Crippen LogP contribution is 2.57. The number of furan rings is 1. The Morgan fingerprint density at radius 2 is 1.09 bits per heavy atom. The Balaban J connectivity index is 1.24. The zero-order chi connectivity index (χ0) is 34.9. The van der Waals surface area contributed by atoms with Gasteiger partial charge >= 0.3 is 0 Å². The van der Waals surface area contributed by atoms with Crippen LogP contribution in [0.2, 0.25) is 0 Å². The molecule has 0 N–H and O–H groups in total. The molecule has 0 amide bonds. The van der Waals surface area contributed by atoms with Gasteiger partial charge in [0.25, 0.3) is 0 Å². The number of para-hydroxylation sites is 4. The Morgan fingerprint density at radius 3 is 1.89 bits per heavy atom.